The van der Waals surface area contributed by atoms with E-state index in [-0.39, 0.29) is 16.4 Å². The lowest BCUT2D eigenvalue weighted by atomic mass is 10.1. The molecule has 9 nitrogen and oxygen atoms in total. The Morgan fingerprint density at radius 3 is 2.14 bits per heavy atom. The number of hydrogen-bond acceptors (Lipinski definition) is 7. The van der Waals surface area contributed by atoms with Gasteiger partial charge >= 0.3 is 0 Å². The van der Waals surface area contributed by atoms with Crippen molar-refractivity contribution in [3.05, 3.63) is 78.1 Å². The molecule has 0 saturated carbocycles. The number of rotatable bonds is 7. The van der Waals surface area contributed by atoms with Crippen molar-refractivity contribution in [2.75, 3.05) is 32.0 Å². The summed E-state index contributed by atoms with van der Waals surface area (Å²) >= 11 is 5.30. The van der Waals surface area contributed by atoms with Crippen molar-refractivity contribution in [3.8, 4) is 17.2 Å². The summed E-state index contributed by atoms with van der Waals surface area (Å²) in [4.78, 5) is 25.5. The van der Waals surface area contributed by atoms with Crippen molar-refractivity contribution in [1.29, 1.82) is 0 Å². The Hall–Kier alpha value is -4.57. The van der Waals surface area contributed by atoms with E-state index in [1.165, 1.54) is 21.3 Å². The number of carbonyl (C=O) groups is 2. The van der Waals surface area contributed by atoms with Crippen LogP contribution in [0.4, 0.5) is 11.4 Å². The summed E-state index contributed by atoms with van der Waals surface area (Å²) in [6.07, 6.45) is 0. The van der Waals surface area contributed by atoms with Gasteiger partial charge in [-0.15, -0.1) is 0 Å². The Balaban J connectivity index is 1.45. The highest BCUT2D eigenvalue weighted by atomic mass is 32.1. The lowest BCUT2D eigenvalue weighted by Crippen LogP contribution is -2.34. The van der Waals surface area contributed by atoms with E-state index in [0.717, 1.165) is 5.39 Å². The number of amides is 2. The Kier molecular flexibility index (Phi) is 7.36. The van der Waals surface area contributed by atoms with Crippen LogP contribution in [0.2, 0.25) is 0 Å². The molecule has 1 aromatic heterocycles. The maximum Gasteiger partial charge on any atom is 0.291 e. The molecule has 3 N–H and O–H groups in total. The van der Waals surface area contributed by atoms with E-state index in [9.17, 15) is 9.59 Å². The maximum atomic E-state index is 12.8. The van der Waals surface area contributed by atoms with Crippen molar-refractivity contribution in [2.45, 2.75) is 0 Å². The Morgan fingerprint density at radius 2 is 1.47 bits per heavy atom. The van der Waals surface area contributed by atoms with E-state index in [4.69, 9.17) is 30.8 Å². The first-order valence-electron chi connectivity index (χ1n) is 10.7. The fourth-order valence-corrected chi connectivity index (χ4v) is 3.76. The number of carbonyl (C=O) groups excluding carboxylic acids is 2. The maximum absolute atomic E-state index is 12.8. The summed E-state index contributed by atoms with van der Waals surface area (Å²) in [7, 11) is 4.40. The van der Waals surface area contributed by atoms with Crippen LogP contribution in [0.15, 0.2) is 71.1 Å². The van der Waals surface area contributed by atoms with Crippen LogP contribution >= 0.6 is 12.2 Å². The zero-order valence-corrected chi connectivity index (χ0v) is 20.5. The molecule has 0 aliphatic carbocycles. The lowest BCUT2D eigenvalue weighted by molar-refractivity contribution is 0.0969. The summed E-state index contributed by atoms with van der Waals surface area (Å²) in [5, 5.41) is 9.20. The van der Waals surface area contributed by atoms with E-state index in [0.29, 0.717) is 34.2 Å². The third-order valence-corrected chi connectivity index (χ3v) is 5.44. The van der Waals surface area contributed by atoms with Crippen LogP contribution in [0, 0.1) is 0 Å². The number of thiocarbonyl (C=S) groups is 1. The minimum atomic E-state index is -0.497. The molecule has 3 aromatic carbocycles. The highest BCUT2D eigenvalue weighted by Crippen LogP contribution is 2.30. The Bertz CT molecular complexity index is 1390. The summed E-state index contributed by atoms with van der Waals surface area (Å²) in [6.45, 7) is 0. The number of anilines is 2. The van der Waals surface area contributed by atoms with Crippen LogP contribution < -0.4 is 30.2 Å². The standard InChI is InChI=1S/C26H23N3O6S/c1-32-19-9-6-10-20(33-2)23(19)25(31)29-26(36)27-16-11-12-17(21(14-16)34-3)28-24(30)22-13-15-7-4-5-8-18(15)35-22/h4-14H,1-3H3,(H,28,30)(H2,27,29,31,36). The van der Waals surface area contributed by atoms with E-state index >= 15 is 0 Å². The lowest BCUT2D eigenvalue weighted by Gasteiger charge is -2.15. The molecule has 10 heteroatoms. The average molecular weight is 506 g/mol. The van der Waals surface area contributed by atoms with Crippen molar-refractivity contribution < 1.29 is 28.2 Å². The number of fused-ring (bicyclic) bond motifs is 1. The van der Waals surface area contributed by atoms with Crippen LogP contribution in [0.25, 0.3) is 11.0 Å². The van der Waals surface area contributed by atoms with Crippen LogP contribution in [0.3, 0.4) is 0 Å². The van der Waals surface area contributed by atoms with E-state index in [2.05, 4.69) is 16.0 Å². The van der Waals surface area contributed by atoms with Gasteiger partial charge in [-0.25, -0.2) is 0 Å². The fraction of sp³-hybridized carbons (Fsp3) is 0.115. The second-order valence-corrected chi connectivity index (χ2v) is 7.87. The quantitative estimate of drug-likeness (QED) is 0.306. The van der Waals surface area contributed by atoms with Crippen molar-refractivity contribution >= 4 is 51.5 Å². The zero-order valence-electron chi connectivity index (χ0n) is 19.7. The van der Waals surface area contributed by atoms with E-state index < -0.39 is 11.8 Å². The van der Waals surface area contributed by atoms with Gasteiger partial charge in [-0.2, -0.15) is 0 Å². The molecular weight excluding hydrogens is 482 g/mol. The molecule has 0 saturated heterocycles. The van der Waals surface area contributed by atoms with Gasteiger partial charge in [0, 0.05) is 17.1 Å². The molecule has 0 bridgehead atoms. The molecule has 0 unspecified atom stereocenters. The highest BCUT2D eigenvalue weighted by molar-refractivity contribution is 7.80. The van der Waals surface area contributed by atoms with Gasteiger partial charge in [0.2, 0.25) is 0 Å². The van der Waals surface area contributed by atoms with Crippen LogP contribution in [0.1, 0.15) is 20.9 Å². The molecule has 0 spiro atoms. The van der Waals surface area contributed by atoms with Gasteiger partial charge < -0.3 is 29.3 Å². The third kappa shape index (κ3) is 5.23. The number of benzene rings is 3. The van der Waals surface area contributed by atoms with Crippen molar-refractivity contribution in [1.82, 2.24) is 5.32 Å². The first-order chi connectivity index (χ1) is 17.4. The molecule has 36 heavy (non-hydrogen) atoms. The first kappa shape index (κ1) is 24.6. The van der Waals surface area contributed by atoms with Gasteiger partial charge in [0.25, 0.3) is 11.8 Å². The average Bonchev–Trinajstić information content (AvgIpc) is 3.33. The Morgan fingerprint density at radius 1 is 0.778 bits per heavy atom. The Labute approximate surface area is 212 Å². The molecule has 1 heterocycles. The smallest absolute Gasteiger partial charge is 0.291 e. The number of methoxy groups -OCH3 is 3. The minimum Gasteiger partial charge on any atom is -0.496 e. The molecule has 0 aliphatic rings. The first-order valence-corrected chi connectivity index (χ1v) is 11.2. The molecule has 0 aliphatic heterocycles. The summed E-state index contributed by atoms with van der Waals surface area (Å²) < 4.78 is 21.6. The fourth-order valence-electron chi connectivity index (χ4n) is 3.55. The largest absolute Gasteiger partial charge is 0.496 e. The molecule has 0 fully saturated rings. The van der Waals surface area contributed by atoms with E-state index in [1.54, 1.807) is 48.5 Å². The third-order valence-electron chi connectivity index (χ3n) is 5.24. The predicted octanol–water partition coefficient (Wildman–Crippen LogP) is 4.84. The van der Waals surface area contributed by atoms with Crippen LogP contribution in [-0.2, 0) is 0 Å². The van der Waals surface area contributed by atoms with Gasteiger partial charge in [-0.05, 0) is 48.6 Å². The zero-order chi connectivity index (χ0) is 25.7. The van der Waals surface area contributed by atoms with Gasteiger partial charge in [-0.3, -0.25) is 14.9 Å². The van der Waals surface area contributed by atoms with Crippen LogP contribution in [-0.4, -0.2) is 38.3 Å². The van der Waals surface area contributed by atoms with Crippen molar-refractivity contribution in [3.63, 3.8) is 0 Å². The number of para-hydroxylation sites is 1. The SMILES string of the molecule is COc1cc(NC(=S)NC(=O)c2c(OC)cccc2OC)ccc1NC(=O)c1cc2ccccc2o1. The minimum absolute atomic E-state index is 0.0501. The van der Waals surface area contributed by atoms with E-state index in [1.807, 2.05) is 18.2 Å². The summed E-state index contributed by atoms with van der Waals surface area (Å²) in [5.41, 5.74) is 1.80. The highest BCUT2D eigenvalue weighted by Gasteiger charge is 2.20. The second-order valence-electron chi connectivity index (χ2n) is 7.46. The summed E-state index contributed by atoms with van der Waals surface area (Å²) in [5.74, 6) is 0.338. The van der Waals surface area contributed by atoms with Crippen LogP contribution in [0.5, 0.6) is 17.2 Å². The monoisotopic (exact) mass is 505 g/mol. The van der Waals surface area contributed by atoms with Gasteiger partial charge in [-0.1, -0.05) is 24.3 Å². The normalized spacial score (nSPS) is 10.4. The molecule has 0 atom stereocenters. The van der Waals surface area contributed by atoms with Crippen molar-refractivity contribution in [2.24, 2.45) is 0 Å². The second kappa shape index (κ2) is 10.8. The molecule has 2 amide bonds. The molecule has 4 rings (SSSR count). The predicted molar refractivity (Wildman–Crippen MR) is 140 cm³/mol. The van der Waals surface area contributed by atoms with Gasteiger partial charge in [0.1, 0.15) is 28.4 Å². The summed E-state index contributed by atoms with van der Waals surface area (Å²) in [6, 6.07) is 19.0. The molecule has 4 aromatic rings. The number of furan rings is 1. The molecular formula is C26H23N3O6S. The number of ether oxygens (including phenoxy) is 3. The molecule has 184 valence electrons. The topological polar surface area (TPSA) is 111 Å². The van der Waals surface area contributed by atoms with Gasteiger partial charge in [0.15, 0.2) is 10.9 Å². The number of hydrogen-bond donors (Lipinski definition) is 3. The molecule has 0 radical (unpaired) electrons. The number of nitrogens with one attached hydrogen (secondary N) is 3. The van der Waals surface area contributed by atoms with Gasteiger partial charge in [0.05, 0.1) is 27.0 Å².